The number of fused-ring (bicyclic) bond motifs is 1. The van der Waals surface area contributed by atoms with E-state index in [9.17, 15) is 0 Å². The summed E-state index contributed by atoms with van der Waals surface area (Å²) in [6.07, 6.45) is 5.83. The number of hydrogen-bond donors (Lipinski definition) is 1. The van der Waals surface area contributed by atoms with Crippen LogP contribution < -0.4 is 5.32 Å². The highest BCUT2D eigenvalue weighted by atomic mass is 15.3. The highest BCUT2D eigenvalue weighted by Gasteiger charge is 2.13. The molecule has 2 rings (SSSR count). The van der Waals surface area contributed by atoms with Crippen molar-refractivity contribution in [3.8, 4) is 0 Å². The molecule has 0 spiro atoms. The Hall–Kier alpha value is -1.25. The van der Waals surface area contributed by atoms with E-state index in [-0.39, 0.29) is 0 Å². The molecule has 0 aromatic carbocycles. The maximum atomic E-state index is 4.27. The van der Waals surface area contributed by atoms with E-state index in [1.165, 1.54) is 11.3 Å². The first kappa shape index (κ1) is 10.8. The van der Waals surface area contributed by atoms with Crippen LogP contribution in [0.5, 0.6) is 0 Å². The number of hydrogen-bond acceptors (Lipinski definition) is 2. The minimum atomic E-state index is 0.557. The van der Waals surface area contributed by atoms with Gasteiger partial charge in [0.25, 0.3) is 0 Å². The van der Waals surface area contributed by atoms with Gasteiger partial charge < -0.3 is 5.32 Å². The fraction of sp³-hybridized carbons (Fsp3) is 0.545. The van der Waals surface area contributed by atoms with Gasteiger partial charge in [0.2, 0.25) is 0 Å². The summed E-state index contributed by atoms with van der Waals surface area (Å²) in [5.41, 5.74) is 2.62. The topological polar surface area (TPSA) is 29.9 Å². The molecule has 0 saturated carbocycles. The number of rotatable bonds is 1. The van der Waals surface area contributed by atoms with Gasteiger partial charge in [-0.3, -0.25) is 0 Å². The van der Waals surface area contributed by atoms with Crippen LogP contribution in [0.4, 0.5) is 0 Å². The second kappa shape index (κ2) is 4.84. The van der Waals surface area contributed by atoms with Crippen molar-refractivity contribution < 1.29 is 0 Å². The minimum absolute atomic E-state index is 0.557. The van der Waals surface area contributed by atoms with Crippen molar-refractivity contribution in [1.82, 2.24) is 15.1 Å². The van der Waals surface area contributed by atoms with Crippen LogP contribution in [0.1, 0.15) is 44.9 Å². The van der Waals surface area contributed by atoms with Crippen LogP contribution in [0, 0.1) is 0 Å². The molecule has 3 nitrogen and oxygen atoms in total. The molecule has 2 heterocycles. The van der Waals surface area contributed by atoms with Gasteiger partial charge in [-0.25, -0.2) is 4.68 Å². The summed E-state index contributed by atoms with van der Waals surface area (Å²) in [5, 5.41) is 7.45. The largest absolute Gasteiger partial charge is 0.384 e. The fourth-order valence-electron chi connectivity index (χ4n) is 1.47. The molecule has 0 bridgehead atoms. The van der Waals surface area contributed by atoms with Gasteiger partial charge in [-0.15, -0.1) is 0 Å². The summed E-state index contributed by atoms with van der Waals surface area (Å²) >= 11 is 0. The Morgan fingerprint density at radius 2 is 2.14 bits per heavy atom. The third-order valence-corrected chi connectivity index (χ3v) is 2.16. The zero-order valence-electron chi connectivity index (χ0n) is 9.41. The summed E-state index contributed by atoms with van der Waals surface area (Å²) in [4.78, 5) is 0. The Morgan fingerprint density at radius 3 is 2.79 bits per heavy atom. The highest BCUT2D eigenvalue weighted by molar-refractivity contribution is 5.33. The Balaban J connectivity index is 0.000000461. The first-order valence-electron chi connectivity index (χ1n) is 5.25. The lowest BCUT2D eigenvalue weighted by Crippen LogP contribution is -2.15. The molecule has 1 N–H and O–H groups in total. The number of nitrogens with one attached hydrogen (secondary N) is 1. The standard InChI is InChI=1S/C9H13N3.C2H6/c1-7(2)8-5-11-12-4-3-10-6-9(8)12;1-2/h3-5,7,10H,6H2,1-2H3;1-2H3. The molecule has 0 unspecified atom stereocenters. The molecule has 14 heavy (non-hydrogen) atoms. The van der Waals surface area contributed by atoms with Crippen molar-refractivity contribution in [2.45, 2.75) is 40.2 Å². The molecule has 0 saturated heterocycles. The van der Waals surface area contributed by atoms with E-state index in [2.05, 4.69) is 24.3 Å². The zero-order chi connectivity index (χ0) is 10.6. The lowest BCUT2D eigenvalue weighted by molar-refractivity contribution is 0.723. The van der Waals surface area contributed by atoms with Gasteiger partial charge in [-0.2, -0.15) is 5.10 Å². The van der Waals surface area contributed by atoms with Crippen LogP contribution in [-0.4, -0.2) is 9.78 Å². The van der Waals surface area contributed by atoms with Crippen LogP contribution >= 0.6 is 0 Å². The van der Waals surface area contributed by atoms with E-state index in [1.54, 1.807) is 0 Å². The molecule has 0 atom stereocenters. The van der Waals surface area contributed by atoms with E-state index < -0.39 is 0 Å². The van der Waals surface area contributed by atoms with Crippen LogP contribution in [0.15, 0.2) is 12.4 Å². The molecule has 3 heteroatoms. The third kappa shape index (κ3) is 1.97. The summed E-state index contributed by atoms with van der Waals surface area (Å²) in [6, 6.07) is 0. The monoisotopic (exact) mass is 193 g/mol. The first-order valence-corrected chi connectivity index (χ1v) is 5.25. The maximum Gasteiger partial charge on any atom is 0.0661 e. The summed E-state index contributed by atoms with van der Waals surface area (Å²) in [6.45, 7) is 9.27. The molecule has 0 amide bonds. The lowest BCUT2D eigenvalue weighted by atomic mass is 10.0. The van der Waals surface area contributed by atoms with Crippen molar-refractivity contribution in [2.75, 3.05) is 0 Å². The van der Waals surface area contributed by atoms with E-state index in [4.69, 9.17) is 0 Å². The molecular weight excluding hydrogens is 174 g/mol. The smallest absolute Gasteiger partial charge is 0.0661 e. The van der Waals surface area contributed by atoms with Gasteiger partial charge in [0, 0.05) is 12.4 Å². The summed E-state index contributed by atoms with van der Waals surface area (Å²) in [7, 11) is 0. The van der Waals surface area contributed by atoms with Crippen LogP contribution in [0.25, 0.3) is 6.20 Å². The third-order valence-electron chi connectivity index (χ3n) is 2.16. The molecular formula is C11H19N3. The fourth-order valence-corrected chi connectivity index (χ4v) is 1.47. The van der Waals surface area contributed by atoms with E-state index in [1.807, 2.05) is 37.1 Å². The molecule has 0 fully saturated rings. The van der Waals surface area contributed by atoms with Crippen molar-refractivity contribution in [3.63, 3.8) is 0 Å². The average molecular weight is 193 g/mol. The van der Waals surface area contributed by atoms with E-state index >= 15 is 0 Å². The first-order chi connectivity index (χ1) is 6.79. The van der Waals surface area contributed by atoms with Crippen molar-refractivity contribution >= 4 is 6.20 Å². The van der Waals surface area contributed by atoms with Crippen molar-refractivity contribution in [3.05, 3.63) is 23.7 Å². The van der Waals surface area contributed by atoms with Crippen LogP contribution in [0.3, 0.4) is 0 Å². The Kier molecular flexibility index (Phi) is 3.74. The highest BCUT2D eigenvalue weighted by Crippen LogP contribution is 2.20. The van der Waals surface area contributed by atoms with Gasteiger partial charge in [-0.05, 0) is 11.5 Å². The predicted molar refractivity (Wildman–Crippen MR) is 59.8 cm³/mol. The number of nitrogens with zero attached hydrogens (tertiary/aromatic N) is 2. The van der Waals surface area contributed by atoms with Gasteiger partial charge in [0.05, 0.1) is 18.4 Å². The second-order valence-electron chi connectivity index (χ2n) is 3.34. The van der Waals surface area contributed by atoms with Gasteiger partial charge in [0.15, 0.2) is 0 Å². The van der Waals surface area contributed by atoms with Gasteiger partial charge in [0.1, 0.15) is 0 Å². The van der Waals surface area contributed by atoms with Gasteiger partial charge in [-0.1, -0.05) is 27.7 Å². The van der Waals surface area contributed by atoms with Gasteiger partial charge >= 0.3 is 0 Å². The normalized spacial score (nSPS) is 12.9. The minimum Gasteiger partial charge on any atom is -0.384 e. The average Bonchev–Trinajstić information content (AvgIpc) is 2.64. The summed E-state index contributed by atoms with van der Waals surface area (Å²) in [5.74, 6) is 0.557. The Labute approximate surface area is 85.8 Å². The Bertz CT molecular complexity index is 310. The molecule has 1 aromatic heterocycles. The quantitative estimate of drug-likeness (QED) is 0.743. The molecule has 1 aromatic rings. The van der Waals surface area contributed by atoms with Crippen LogP contribution in [-0.2, 0) is 6.54 Å². The van der Waals surface area contributed by atoms with Crippen molar-refractivity contribution in [1.29, 1.82) is 0 Å². The molecule has 1 aliphatic heterocycles. The van der Waals surface area contributed by atoms with Crippen LogP contribution in [0.2, 0.25) is 0 Å². The predicted octanol–water partition coefficient (Wildman–Crippen LogP) is 2.56. The Morgan fingerprint density at radius 1 is 1.43 bits per heavy atom. The SMILES string of the molecule is CC.CC(C)c1cnn2c1CNC=C2. The molecule has 0 aliphatic carbocycles. The molecule has 78 valence electrons. The summed E-state index contributed by atoms with van der Waals surface area (Å²) < 4.78 is 1.94. The van der Waals surface area contributed by atoms with E-state index in [0.29, 0.717) is 5.92 Å². The number of aromatic nitrogens is 2. The molecule has 0 radical (unpaired) electrons. The zero-order valence-corrected chi connectivity index (χ0v) is 9.41. The van der Waals surface area contributed by atoms with Crippen molar-refractivity contribution in [2.24, 2.45) is 0 Å². The van der Waals surface area contributed by atoms with E-state index in [0.717, 1.165) is 6.54 Å². The lowest BCUT2D eigenvalue weighted by Gasteiger charge is -2.12. The maximum absolute atomic E-state index is 4.27. The second-order valence-corrected chi connectivity index (χ2v) is 3.34. The molecule has 1 aliphatic rings.